The summed E-state index contributed by atoms with van der Waals surface area (Å²) in [5, 5.41) is 3.23. The minimum atomic E-state index is -3.05. The molecule has 0 radical (unpaired) electrons. The van der Waals surface area contributed by atoms with Crippen LogP contribution < -0.4 is 10.1 Å². The lowest BCUT2D eigenvalue weighted by molar-refractivity contribution is 0.313. The Labute approximate surface area is 138 Å². The van der Waals surface area contributed by atoms with Crippen molar-refractivity contribution in [2.75, 3.05) is 39.0 Å². The van der Waals surface area contributed by atoms with Crippen molar-refractivity contribution < 1.29 is 13.2 Å². The molecule has 0 amide bonds. The van der Waals surface area contributed by atoms with Gasteiger partial charge in [0.2, 0.25) is 0 Å². The number of hydrogen-bond donors (Lipinski definition) is 1. The first kappa shape index (κ1) is 17.6. The zero-order valence-electron chi connectivity index (χ0n) is 13.9. The van der Waals surface area contributed by atoms with Crippen molar-refractivity contribution in [2.24, 2.45) is 4.99 Å². The molecule has 6 nitrogen and oxygen atoms in total. The third-order valence-corrected chi connectivity index (χ3v) is 6.48. The third-order valence-electron chi connectivity index (χ3n) is 3.95. The van der Waals surface area contributed by atoms with Crippen molar-refractivity contribution in [2.45, 2.75) is 18.6 Å². The lowest BCUT2D eigenvalue weighted by Crippen LogP contribution is -2.57. The van der Waals surface area contributed by atoms with Gasteiger partial charge in [-0.2, -0.15) is 0 Å². The molecular formula is C16H25N3O3S. The van der Waals surface area contributed by atoms with Crippen molar-refractivity contribution in [3.63, 3.8) is 0 Å². The van der Waals surface area contributed by atoms with Gasteiger partial charge in [-0.05, 0) is 26.0 Å². The van der Waals surface area contributed by atoms with E-state index in [-0.39, 0.29) is 5.75 Å². The van der Waals surface area contributed by atoms with E-state index in [1.165, 1.54) is 0 Å². The van der Waals surface area contributed by atoms with E-state index in [2.05, 4.69) is 10.3 Å². The van der Waals surface area contributed by atoms with Crippen LogP contribution in [0.1, 0.15) is 13.8 Å². The highest BCUT2D eigenvalue weighted by Crippen LogP contribution is 2.23. The van der Waals surface area contributed by atoms with Crippen LogP contribution in [-0.4, -0.2) is 63.1 Å². The molecule has 23 heavy (non-hydrogen) atoms. The molecule has 128 valence electrons. The van der Waals surface area contributed by atoms with Crippen molar-refractivity contribution in [1.82, 2.24) is 10.2 Å². The number of hydrogen-bond acceptors (Lipinski definition) is 4. The number of ether oxygens (including phenoxy) is 1. The van der Waals surface area contributed by atoms with Crippen LogP contribution in [0.5, 0.6) is 5.75 Å². The van der Waals surface area contributed by atoms with E-state index in [4.69, 9.17) is 4.74 Å². The predicted molar refractivity (Wildman–Crippen MR) is 92.7 cm³/mol. The molecule has 0 aliphatic carbocycles. The molecule has 0 saturated carbocycles. The summed E-state index contributed by atoms with van der Waals surface area (Å²) in [6.45, 7) is 5.55. The molecule has 1 saturated heterocycles. The zero-order valence-corrected chi connectivity index (χ0v) is 14.8. The lowest BCUT2D eigenvalue weighted by atomic mass is 10.2. The molecule has 1 heterocycles. The minimum Gasteiger partial charge on any atom is -0.492 e. The van der Waals surface area contributed by atoms with Gasteiger partial charge in [0.15, 0.2) is 15.8 Å². The molecule has 7 heteroatoms. The van der Waals surface area contributed by atoms with E-state index >= 15 is 0 Å². The first-order chi connectivity index (χ1) is 10.9. The Morgan fingerprint density at radius 1 is 1.35 bits per heavy atom. The van der Waals surface area contributed by atoms with Gasteiger partial charge in [-0.25, -0.2) is 8.42 Å². The second-order valence-corrected chi connectivity index (χ2v) is 8.88. The fourth-order valence-electron chi connectivity index (χ4n) is 2.51. The van der Waals surface area contributed by atoms with Gasteiger partial charge in [0.05, 0.1) is 17.0 Å². The first-order valence-corrected chi connectivity index (χ1v) is 9.37. The highest BCUT2D eigenvalue weighted by Gasteiger charge is 2.40. The molecule has 1 aliphatic heterocycles. The maximum Gasteiger partial charge on any atom is 0.193 e. The summed E-state index contributed by atoms with van der Waals surface area (Å²) in [7, 11) is -1.34. The molecule has 0 aromatic heterocycles. The van der Waals surface area contributed by atoms with E-state index in [0.29, 0.717) is 32.2 Å². The largest absolute Gasteiger partial charge is 0.492 e. The Morgan fingerprint density at radius 2 is 2.04 bits per heavy atom. The normalized spacial score (nSPS) is 20.1. The van der Waals surface area contributed by atoms with Crippen molar-refractivity contribution in [3.8, 4) is 5.75 Å². The van der Waals surface area contributed by atoms with Crippen LogP contribution in [0.2, 0.25) is 0 Å². The third kappa shape index (κ3) is 4.37. The van der Waals surface area contributed by atoms with Crippen LogP contribution in [-0.2, 0) is 9.84 Å². The van der Waals surface area contributed by atoms with Crippen LogP contribution in [0.3, 0.4) is 0 Å². The van der Waals surface area contributed by atoms with Crippen LogP contribution in [0.15, 0.2) is 35.3 Å². The quantitative estimate of drug-likeness (QED) is 0.506. The number of guanidine groups is 1. The molecule has 1 fully saturated rings. The minimum absolute atomic E-state index is 0.154. The maximum absolute atomic E-state index is 12.1. The number of nitrogens with zero attached hydrogens (tertiary/aromatic N) is 2. The fraction of sp³-hybridized carbons (Fsp3) is 0.562. The van der Waals surface area contributed by atoms with Crippen molar-refractivity contribution >= 4 is 15.8 Å². The Morgan fingerprint density at radius 3 is 2.65 bits per heavy atom. The van der Waals surface area contributed by atoms with Gasteiger partial charge >= 0.3 is 0 Å². The van der Waals surface area contributed by atoms with Gasteiger partial charge < -0.3 is 15.0 Å². The maximum atomic E-state index is 12.1. The highest BCUT2D eigenvalue weighted by atomic mass is 32.2. The van der Waals surface area contributed by atoms with Gasteiger partial charge in [-0.1, -0.05) is 18.2 Å². The van der Waals surface area contributed by atoms with Gasteiger partial charge in [0, 0.05) is 20.1 Å². The zero-order chi connectivity index (χ0) is 16.9. The summed E-state index contributed by atoms with van der Waals surface area (Å²) < 4.78 is 29.0. The average Bonchev–Trinajstić information content (AvgIpc) is 2.51. The van der Waals surface area contributed by atoms with E-state index < -0.39 is 14.6 Å². The van der Waals surface area contributed by atoms with Crippen LogP contribution in [0, 0.1) is 0 Å². The van der Waals surface area contributed by atoms with E-state index in [1.54, 1.807) is 20.9 Å². The molecule has 0 atom stereocenters. The first-order valence-electron chi connectivity index (χ1n) is 7.71. The van der Waals surface area contributed by atoms with E-state index in [1.807, 2.05) is 35.2 Å². The molecule has 0 bridgehead atoms. The number of aliphatic imine (C=N–C) groups is 1. The molecule has 0 unspecified atom stereocenters. The number of nitrogens with one attached hydrogen (secondary N) is 1. The predicted octanol–water partition coefficient (Wildman–Crippen LogP) is 1.15. The smallest absolute Gasteiger partial charge is 0.193 e. The monoisotopic (exact) mass is 339 g/mol. The average molecular weight is 339 g/mol. The van der Waals surface area contributed by atoms with Crippen LogP contribution >= 0.6 is 0 Å². The fourth-order valence-corrected chi connectivity index (χ4v) is 3.87. The number of rotatable bonds is 4. The SMILES string of the molecule is CN=C(NCCOc1ccccc1)N1CCS(=O)(=O)C(C)(C)C1. The molecule has 1 aliphatic rings. The topological polar surface area (TPSA) is 71.0 Å². The van der Waals surface area contributed by atoms with E-state index in [0.717, 1.165) is 5.75 Å². The summed E-state index contributed by atoms with van der Waals surface area (Å²) in [4.78, 5) is 6.24. The Kier molecular flexibility index (Phi) is 5.51. The molecule has 1 aromatic carbocycles. The Balaban J connectivity index is 1.84. The summed E-state index contributed by atoms with van der Waals surface area (Å²) in [6, 6.07) is 9.62. The summed E-state index contributed by atoms with van der Waals surface area (Å²) >= 11 is 0. The number of para-hydroxylation sites is 1. The second kappa shape index (κ2) is 7.21. The molecule has 1 N–H and O–H groups in total. The molecule has 1 aromatic rings. The van der Waals surface area contributed by atoms with Gasteiger partial charge in [-0.3, -0.25) is 4.99 Å². The number of sulfone groups is 1. The summed E-state index contributed by atoms with van der Waals surface area (Å²) in [5.41, 5.74) is 0. The molecule has 0 spiro atoms. The van der Waals surface area contributed by atoms with Gasteiger partial charge in [-0.15, -0.1) is 0 Å². The standard InChI is InChI=1S/C16H25N3O3S/c1-16(2)13-19(10-12-23(16,20)21)15(17-3)18-9-11-22-14-7-5-4-6-8-14/h4-8H,9-13H2,1-3H3,(H,17,18). The Bertz CT molecular complexity index is 642. The lowest BCUT2D eigenvalue weighted by Gasteiger charge is -2.39. The Hall–Kier alpha value is -1.76. The highest BCUT2D eigenvalue weighted by molar-refractivity contribution is 7.92. The number of benzene rings is 1. The molecule has 2 rings (SSSR count). The summed E-state index contributed by atoms with van der Waals surface area (Å²) in [5.74, 6) is 1.69. The van der Waals surface area contributed by atoms with Crippen molar-refractivity contribution in [3.05, 3.63) is 30.3 Å². The second-order valence-electron chi connectivity index (χ2n) is 6.14. The van der Waals surface area contributed by atoms with Gasteiger partial charge in [0.1, 0.15) is 12.4 Å². The molecular weight excluding hydrogens is 314 g/mol. The van der Waals surface area contributed by atoms with Crippen molar-refractivity contribution in [1.29, 1.82) is 0 Å². The van der Waals surface area contributed by atoms with Crippen LogP contribution in [0.4, 0.5) is 0 Å². The van der Waals surface area contributed by atoms with E-state index in [9.17, 15) is 8.42 Å². The van der Waals surface area contributed by atoms with Crippen LogP contribution in [0.25, 0.3) is 0 Å². The van der Waals surface area contributed by atoms with Gasteiger partial charge in [0.25, 0.3) is 0 Å². The summed E-state index contributed by atoms with van der Waals surface area (Å²) in [6.07, 6.45) is 0.